The van der Waals surface area contributed by atoms with Crippen molar-refractivity contribution in [3.8, 4) is 5.75 Å². The van der Waals surface area contributed by atoms with Crippen molar-refractivity contribution in [1.82, 2.24) is 5.32 Å². The van der Waals surface area contributed by atoms with Gasteiger partial charge in [0, 0.05) is 30.3 Å². The molecule has 1 aromatic carbocycles. The Morgan fingerprint density at radius 3 is 2.73 bits per heavy atom. The first-order valence-corrected chi connectivity index (χ1v) is 7.69. The first kappa shape index (κ1) is 15.2. The average Bonchev–Trinajstić information content (AvgIpc) is 2.77. The van der Waals surface area contributed by atoms with Gasteiger partial charge in [-0.15, -0.1) is 0 Å². The zero-order chi connectivity index (χ0) is 15.5. The number of fused-ring (bicyclic) bond motifs is 2. The topological polar surface area (TPSA) is 50.4 Å². The van der Waals surface area contributed by atoms with Crippen LogP contribution >= 0.6 is 0 Å². The lowest BCUT2D eigenvalue weighted by Gasteiger charge is -2.28. The molecule has 2 heterocycles. The second-order valence-corrected chi connectivity index (χ2v) is 6.13. The van der Waals surface area contributed by atoms with E-state index in [-0.39, 0.29) is 11.7 Å². The number of carbonyl (C=O) groups is 1. The number of hydrogen-bond donors (Lipinski definition) is 2. The molecule has 2 fully saturated rings. The Balaban J connectivity index is 1.53. The van der Waals surface area contributed by atoms with Gasteiger partial charge in [0.15, 0.2) is 0 Å². The quantitative estimate of drug-likeness (QED) is 0.878. The summed E-state index contributed by atoms with van der Waals surface area (Å²) in [6.45, 7) is -2.86. The van der Waals surface area contributed by atoms with Crippen LogP contribution in [0.3, 0.4) is 0 Å². The van der Waals surface area contributed by atoms with Crippen molar-refractivity contribution in [3.05, 3.63) is 24.3 Å². The molecule has 0 aliphatic carbocycles. The van der Waals surface area contributed by atoms with Gasteiger partial charge < -0.3 is 15.4 Å². The number of carbonyl (C=O) groups excluding carboxylic acids is 1. The number of alkyl halides is 2. The third kappa shape index (κ3) is 3.94. The molecule has 2 saturated heterocycles. The van der Waals surface area contributed by atoms with Crippen molar-refractivity contribution in [3.63, 3.8) is 0 Å². The zero-order valence-electron chi connectivity index (χ0n) is 12.2. The predicted molar refractivity (Wildman–Crippen MR) is 79.0 cm³/mol. The van der Waals surface area contributed by atoms with Crippen LogP contribution in [0.1, 0.15) is 32.1 Å². The van der Waals surface area contributed by atoms with Gasteiger partial charge in [0.2, 0.25) is 5.91 Å². The fourth-order valence-corrected chi connectivity index (χ4v) is 3.57. The number of hydrogen-bond acceptors (Lipinski definition) is 3. The lowest BCUT2D eigenvalue weighted by molar-refractivity contribution is -0.117. The van der Waals surface area contributed by atoms with Crippen LogP contribution < -0.4 is 15.4 Å². The summed E-state index contributed by atoms with van der Waals surface area (Å²) >= 11 is 0. The molecule has 1 amide bonds. The minimum atomic E-state index is -2.86. The van der Waals surface area contributed by atoms with Gasteiger partial charge in [-0.25, -0.2) is 0 Å². The molecule has 4 nitrogen and oxygen atoms in total. The number of halogens is 2. The van der Waals surface area contributed by atoms with Crippen LogP contribution in [0.15, 0.2) is 24.3 Å². The van der Waals surface area contributed by atoms with Crippen LogP contribution in [0.4, 0.5) is 14.5 Å². The van der Waals surface area contributed by atoms with E-state index in [1.165, 1.54) is 25.0 Å². The number of nitrogens with one attached hydrogen (secondary N) is 2. The summed E-state index contributed by atoms with van der Waals surface area (Å²) in [6.07, 6.45) is 4.97. The van der Waals surface area contributed by atoms with Crippen LogP contribution in [-0.4, -0.2) is 24.6 Å². The number of benzene rings is 1. The van der Waals surface area contributed by atoms with Crippen molar-refractivity contribution in [2.24, 2.45) is 5.92 Å². The maximum absolute atomic E-state index is 12.2. The molecule has 120 valence electrons. The van der Waals surface area contributed by atoms with Gasteiger partial charge in [-0.05, 0) is 43.7 Å². The Kier molecular flexibility index (Phi) is 4.57. The Bertz CT molecular complexity index is 527. The highest BCUT2D eigenvalue weighted by molar-refractivity contribution is 5.91. The lowest BCUT2D eigenvalue weighted by atomic mass is 9.89. The van der Waals surface area contributed by atoms with Crippen molar-refractivity contribution in [2.75, 3.05) is 5.32 Å². The summed E-state index contributed by atoms with van der Waals surface area (Å²) in [5, 5.41) is 6.32. The molecule has 22 heavy (non-hydrogen) atoms. The van der Waals surface area contributed by atoms with Gasteiger partial charge in [-0.3, -0.25) is 4.79 Å². The smallest absolute Gasteiger partial charge is 0.387 e. The van der Waals surface area contributed by atoms with E-state index >= 15 is 0 Å². The third-order valence-corrected chi connectivity index (χ3v) is 4.39. The van der Waals surface area contributed by atoms with Crippen molar-refractivity contribution in [1.29, 1.82) is 0 Å². The summed E-state index contributed by atoms with van der Waals surface area (Å²) in [5.74, 6) is 0.382. The van der Waals surface area contributed by atoms with Crippen LogP contribution in [0, 0.1) is 5.92 Å². The highest BCUT2D eigenvalue weighted by Gasteiger charge is 2.34. The van der Waals surface area contributed by atoms with E-state index < -0.39 is 6.61 Å². The number of rotatable bonds is 5. The minimum absolute atomic E-state index is 0.0488. The summed E-state index contributed by atoms with van der Waals surface area (Å²) in [5.41, 5.74) is 0.486. The number of amides is 1. The molecule has 2 unspecified atom stereocenters. The van der Waals surface area contributed by atoms with Gasteiger partial charge in [-0.1, -0.05) is 6.07 Å². The highest BCUT2D eigenvalue weighted by Crippen LogP contribution is 2.32. The van der Waals surface area contributed by atoms with Crippen molar-refractivity contribution in [2.45, 2.75) is 50.8 Å². The number of anilines is 1. The van der Waals surface area contributed by atoms with Crippen LogP contribution in [-0.2, 0) is 4.79 Å². The molecule has 6 heteroatoms. The van der Waals surface area contributed by atoms with Crippen LogP contribution in [0.5, 0.6) is 5.75 Å². The molecule has 2 atom stereocenters. The standard InChI is InChI=1S/C16H20F2N2O2/c17-16(18)22-14-3-1-2-11(9-14)20-15(21)8-10-6-12-4-5-13(7-10)19-12/h1-3,9-10,12-13,16,19H,4-8H2,(H,20,21). The predicted octanol–water partition coefficient (Wildman–Crippen LogP) is 3.15. The monoisotopic (exact) mass is 310 g/mol. The maximum Gasteiger partial charge on any atom is 0.387 e. The average molecular weight is 310 g/mol. The van der Waals surface area contributed by atoms with Crippen LogP contribution in [0.25, 0.3) is 0 Å². The number of ether oxygens (including phenoxy) is 1. The third-order valence-electron chi connectivity index (χ3n) is 4.39. The molecule has 0 aromatic heterocycles. The van der Waals surface area contributed by atoms with Gasteiger partial charge in [0.1, 0.15) is 5.75 Å². The molecule has 2 N–H and O–H groups in total. The molecule has 2 bridgehead atoms. The fraction of sp³-hybridized carbons (Fsp3) is 0.562. The summed E-state index contributed by atoms with van der Waals surface area (Å²) in [7, 11) is 0. The van der Waals surface area contributed by atoms with E-state index in [4.69, 9.17) is 0 Å². The molecule has 3 rings (SSSR count). The molecular formula is C16H20F2N2O2. The van der Waals surface area contributed by atoms with Gasteiger partial charge in [0.05, 0.1) is 0 Å². The van der Waals surface area contributed by atoms with Gasteiger partial charge in [0.25, 0.3) is 0 Å². The lowest BCUT2D eigenvalue weighted by Crippen LogP contribution is -2.39. The molecule has 2 aliphatic heterocycles. The van der Waals surface area contributed by atoms with Gasteiger partial charge in [-0.2, -0.15) is 8.78 Å². The van der Waals surface area contributed by atoms with E-state index in [1.54, 1.807) is 12.1 Å². The van der Waals surface area contributed by atoms with E-state index in [9.17, 15) is 13.6 Å². The van der Waals surface area contributed by atoms with Crippen LogP contribution in [0.2, 0.25) is 0 Å². The second kappa shape index (κ2) is 6.60. The first-order chi connectivity index (χ1) is 10.6. The Morgan fingerprint density at radius 2 is 2.05 bits per heavy atom. The molecule has 0 radical (unpaired) electrons. The Hall–Kier alpha value is -1.69. The molecule has 0 saturated carbocycles. The maximum atomic E-state index is 12.2. The second-order valence-electron chi connectivity index (χ2n) is 6.13. The minimum Gasteiger partial charge on any atom is -0.435 e. The molecule has 1 aromatic rings. The molecular weight excluding hydrogens is 290 g/mol. The first-order valence-electron chi connectivity index (χ1n) is 7.69. The highest BCUT2D eigenvalue weighted by atomic mass is 19.3. The molecule has 0 spiro atoms. The fourth-order valence-electron chi connectivity index (χ4n) is 3.57. The van der Waals surface area contributed by atoms with Gasteiger partial charge >= 0.3 is 6.61 Å². The zero-order valence-corrected chi connectivity index (χ0v) is 12.2. The van der Waals surface area contributed by atoms with E-state index in [1.807, 2.05) is 0 Å². The van der Waals surface area contributed by atoms with E-state index in [0.29, 0.717) is 30.1 Å². The summed E-state index contributed by atoms with van der Waals surface area (Å²) in [4.78, 5) is 12.1. The van der Waals surface area contributed by atoms with E-state index in [0.717, 1.165) is 12.8 Å². The largest absolute Gasteiger partial charge is 0.435 e. The van der Waals surface area contributed by atoms with E-state index in [2.05, 4.69) is 15.4 Å². The normalized spacial score (nSPS) is 27.0. The summed E-state index contributed by atoms with van der Waals surface area (Å²) in [6, 6.07) is 7.21. The van der Waals surface area contributed by atoms with Crippen molar-refractivity contribution < 1.29 is 18.3 Å². The molecule has 2 aliphatic rings. The summed E-state index contributed by atoms with van der Waals surface area (Å²) < 4.78 is 28.7. The SMILES string of the molecule is O=C(CC1CC2CCC(C1)N2)Nc1cccc(OC(F)F)c1. The van der Waals surface area contributed by atoms with Crippen molar-refractivity contribution >= 4 is 11.6 Å². The Labute approximate surface area is 128 Å². The number of piperidine rings is 1. The Morgan fingerprint density at radius 1 is 1.32 bits per heavy atom.